The summed E-state index contributed by atoms with van der Waals surface area (Å²) in [5.74, 6) is -0.287. The maximum Gasteiger partial charge on any atom is 0.307 e. The molecular weight excluding hydrogens is 368 g/mol. The van der Waals surface area contributed by atoms with E-state index in [0.29, 0.717) is 17.7 Å². The Kier molecular flexibility index (Phi) is 6.33. The van der Waals surface area contributed by atoms with Gasteiger partial charge in [0.05, 0.1) is 11.2 Å². The third-order valence-electron chi connectivity index (χ3n) is 5.96. The van der Waals surface area contributed by atoms with Gasteiger partial charge in [0, 0.05) is 24.5 Å². The topological polar surface area (TPSA) is 52.9 Å². The molecule has 3 atom stereocenters. The zero-order valence-corrected chi connectivity index (χ0v) is 17.0. The quantitative estimate of drug-likeness (QED) is 0.738. The van der Waals surface area contributed by atoms with Gasteiger partial charge in [-0.05, 0) is 61.6 Å². The largest absolute Gasteiger partial charge is 0.481 e. The summed E-state index contributed by atoms with van der Waals surface area (Å²) < 4.78 is 0. The summed E-state index contributed by atoms with van der Waals surface area (Å²) in [5.41, 5.74) is 2.51. The van der Waals surface area contributed by atoms with E-state index in [4.69, 9.17) is 0 Å². The van der Waals surface area contributed by atoms with E-state index in [-0.39, 0.29) is 5.92 Å². The Hall–Kier alpha value is -1.85. The molecule has 0 aromatic carbocycles. The van der Waals surface area contributed by atoms with Crippen LogP contribution in [0.3, 0.4) is 0 Å². The molecule has 2 aliphatic heterocycles. The molecule has 0 aromatic rings. The molecule has 0 saturated carbocycles. The van der Waals surface area contributed by atoms with Crippen molar-refractivity contribution in [1.82, 2.24) is 4.90 Å². The molecule has 4 rings (SSSR count). The van der Waals surface area contributed by atoms with Gasteiger partial charge in [-0.2, -0.15) is 0 Å². The lowest BCUT2D eigenvalue weighted by atomic mass is 9.91. The molecule has 1 N–H and O–H groups in total. The van der Waals surface area contributed by atoms with Crippen LogP contribution in [0.4, 0.5) is 0 Å². The normalized spacial score (nSPS) is 31.6. The van der Waals surface area contributed by atoms with Crippen molar-refractivity contribution in [2.45, 2.75) is 37.4 Å². The monoisotopic (exact) mass is 396 g/mol. The number of aliphatic carboxylic acids is 1. The van der Waals surface area contributed by atoms with Gasteiger partial charge in [0.2, 0.25) is 0 Å². The third kappa shape index (κ3) is 4.58. The number of piperidine rings is 1. The van der Waals surface area contributed by atoms with E-state index in [1.165, 1.54) is 16.1 Å². The van der Waals surface area contributed by atoms with Crippen LogP contribution in [-0.4, -0.2) is 47.1 Å². The fourth-order valence-corrected chi connectivity index (χ4v) is 5.81. The van der Waals surface area contributed by atoms with Crippen molar-refractivity contribution in [1.29, 1.82) is 0 Å². The molecule has 0 radical (unpaired) electrons. The molecule has 2 unspecified atom stereocenters. The molecule has 4 nitrogen and oxygen atoms in total. The van der Waals surface area contributed by atoms with E-state index < -0.39 is 5.97 Å². The number of aliphatic imine (C=N–C) groups is 1. The second-order valence-electron chi connectivity index (χ2n) is 7.96. The first-order valence-electron chi connectivity index (χ1n) is 10.3. The fraction of sp³-hybridized carbons (Fsp3) is 0.478. The highest BCUT2D eigenvalue weighted by atomic mass is 32.2. The van der Waals surface area contributed by atoms with Gasteiger partial charge in [-0.1, -0.05) is 36.5 Å². The first-order valence-corrected chi connectivity index (χ1v) is 11.2. The van der Waals surface area contributed by atoms with Crippen molar-refractivity contribution >= 4 is 23.9 Å². The summed E-state index contributed by atoms with van der Waals surface area (Å²) in [6.45, 7) is 2.75. The summed E-state index contributed by atoms with van der Waals surface area (Å²) in [7, 11) is 0. The van der Waals surface area contributed by atoms with Gasteiger partial charge in [-0.3, -0.25) is 9.79 Å². The highest BCUT2D eigenvalue weighted by molar-refractivity contribution is 8.04. The average Bonchev–Trinajstić information content (AvgIpc) is 2.69. The lowest BCUT2D eigenvalue weighted by Gasteiger charge is -2.32. The molecular formula is C23H28N2O2S. The number of likely N-dealkylation sites (tertiary alicyclic amines) is 1. The van der Waals surface area contributed by atoms with E-state index in [2.05, 4.69) is 46.3 Å². The zero-order valence-electron chi connectivity index (χ0n) is 16.2. The maximum absolute atomic E-state index is 11.3. The Morgan fingerprint density at radius 1 is 1.32 bits per heavy atom. The minimum Gasteiger partial charge on any atom is -0.481 e. The second-order valence-corrected chi connectivity index (χ2v) is 9.15. The molecule has 2 heterocycles. The van der Waals surface area contributed by atoms with E-state index in [1.54, 1.807) is 0 Å². The van der Waals surface area contributed by atoms with Gasteiger partial charge in [0.15, 0.2) is 0 Å². The standard InChI is InChI=1S/C23H28N2O2S/c26-23(27)20-10-5-13-25(16-20)12-4-9-17-7-3-8-19-15-24-14-18-6-1-2-11-21(18)28-22(17)19/h1-3,6,8,11,14-15,17,20-21H,4-5,7,9-10,12-13,16H2,(H,26,27)/b18-14-,24-15?/t17?,20?,21-/m1/s1. The smallest absolute Gasteiger partial charge is 0.307 e. The van der Waals surface area contributed by atoms with Gasteiger partial charge >= 0.3 is 5.97 Å². The fourth-order valence-electron chi connectivity index (χ4n) is 4.43. The number of rotatable bonds is 5. The summed E-state index contributed by atoms with van der Waals surface area (Å²) >= 11 is 1.97. The Morgan fingerprint density at radius 2 is 2.25 bits per heavy atom. The number of carboxylic acids is 1. The number of carboxylic acid groups (broad SMARTS) is 1. The molecule has 5 heteroatoms. The van der Waals surface area contributed by atoms with Crippen molar-refractivity contribution in [3.8, 4) is 0 Å². The molecule has 0 aromatic heterocycles. The number of thioether (sulfide) groups is 1. The van der Waals surface area contributed by atoms with Crippen LogP contribution >= 0.6 is 11.8 Å². The molecule has 0 bridgehead atoms. The van der Waals surface area contributed by atoms with Crippen LogP contribution in [0.25, 0.3) is 0 Å². The van der Waals surface area contributed by atoms with Crippen molar-refractivity contribution in [3.05, 3.63) is 58.7 Å². The van der Waals surface area contributed by atoms with Crippen LogP contribution in [-0.2, 0) is 4.79 Å². The third-order valence-corrected chi connectivity index (χ3v) is 7.47. The van der Waals surface area contributed by atoms with Crippen molar-refractivity contribution in [2.24, 2.45) is 16.8 Å². The minimum absolute atomic E-state index is 0.186. The second kappa shape index (κ2) is 9.10. The molecule has 28 heavy (non-hydrogen) atoms. The Morgan fingerprint density at radius 3 is 3.14 bits per heavy atom. The highest BCUT2D eigenvalue weighted by Gasteiger charge is 2.27. The zero-order chi connectivity index (χ0) is 19.3. The lowest BCUT2D eigenvalue weighted by Crippen LogP contribution is -2.39. The van der Waals surface area contributed by atoms with Gasteiger partial charge in [0.1, 0.15) is 0 Å². The van der Waals surface area contributed by atoms with Crippen LogP contribution < -0.4 is 0 Å². The summed E-state index contributed by atoms with van der Waals surface area (Å²) in [5, 5.41) is 9.64. The van der Waals surface area contributed by atoms with Crippen LogP contribution in [0.1, 0.15) is 32.1 Å². The van der Waals surface area contributed by atoms with Crippen molar-refractivity contribution in [2.75, 3.05) is 19.6 Å². The molecule has 4 aliphatic rings. The first-order chi connectivity index (χ1) is 13.7. The van der Waals surface area contributed by atoms with E-state index in [9.17, 15) is 9.90 Å². The van der Waals surface area contributed by atoms with Crippen LogP contribution in [0.2, 0.25) is 0 Å². The highest BCUT2D eigenvalue weighted by Crippen LogP contribution is 2.42. The van der Waals surface area contributed by atoms with Crippen LogP contribution in [0, 0.1) is 11.8 Å². The molecule has 0 amide bonds. The lowest BCUT2D eigenvalue weighted by molar-refractivity contribution is -0.143. The van der Waals surface area contributed by atoms with Gasteiger partial charge in [-0.25, -0.2) is 0 Å². The van der Waals surface area contributed by atoms with Crippen LogP contribution in [0.15, 0.2) is 63.7 Å². The number of fused-ring (bicyclic) bond motifs is 1. The van der Waals surface area contributed by atoms with Gasteiger partial charge < -0.3 is 10.0 Å². The molecule has 1 fully saturated rings. The molecule has 2 aliphatic carbocycles. The number of allylic oxidation sites excluding steroid dienone is 7. The number of carbonyl (C=O) groups is 1. The number of hydrogen-bond acceptors (Lipinski definition) is 4. The SMILES string of the molecule is O=C(O)C1CCCN(CCCC2CC=CC3=C2S[C@@H]2C=CC=C/C2=C/N=C3)C1. The number of nitrogens with zero attached hydrogens (tertiary/aromatic N) is 2. The number of hydrogen-bond donors (Lipinski definition) is 1. The maximum atomic E-state index is 11.3. The van der Waals surface area contributed by atoms with Gasteiger partial charge in [0.25, 0.3) is 0 Å². The van der Waals surface area contributed by atoms with Crippen molar-refractivity contribution in [3.63, 3.8) is 0 Å². The van der Waals surface area contributed by atoms with Gasteiger partial charge in [-0.15, -0.1) is 11.8 Å². The van der Waals surface area contributed by atoms with E-state index in [1.807, 2.05) is 24.2 Å². The Balaban J connectivity index is 1.37. The first kappa shape index (κ1) is 19.5. The average molecular weight is 397 g/mol. The van der Waals surface area contributed by atoms with Crippen LogP contribution in [0.5, 0.6) is 0 Å². The predicted octanol–water partition coefficient (Wildman–Crippen LogP) is 4.59. The minimum atomic E-state index is -0.638. The molecule has 148 valence electrons. The van der Waals surface area contributed by atoms with E-state index >= 15 is 0 Å². The predicted molar refractivity (Wildman–Crippen MR) is 117 cm³/mol. The van der Waals surface area contributed by atoms with E-state index in [0.717, 1.165) is 45.2 Å². The summed E-state index contributed by atoms with van der Waals surface area (Å²) in [4.78, 5) is 19.6. The Bertz CT molecular complexity index is 790. The summed E-state index contributed by atoms with van der Waals surface area (Å²) in [6.07, 6.45) is 22.3. The molecule has 0 spiro atoms. The van der Waals surface area contributed by atoms with Crippen molar-refractivity contribution < 1.29 is 9.90 Å². The summed E-state index contributed by atoms with van der Waals surface area (Å²) in [6, 6.07) is 0. The Labute approximate surface area is 171 Å². The molecule has 1 saturated heterocycles.